The third-order valence-corrected chi connectivity index (χ3v) is 3.05. The molecule has 0 aromatic carbocycles. The molecule has 2 aromatic heterocycles. The summed E-state index contributed by atoms with van der Waals surface area (Å²) >= 11 is 5.14. The minimum absolute atomic E-state index is 0.543. The van der Waals surface area contributed by atoms with E-state index in [0.717, 1.165) is 22.7 Å². The first kappa shape index (κ1) is 14.3. The first-order valence-electron chi connectivity index (χ1n) is 6.20. The molecule has 0 bridgehead atoms. The summed E-state index contributed by atoms with van der Waals surface area (Å²) in [4.78, 5) is 0. The van der Waals surface area contributed by atoms with Gasteiger partial charge in [-0.05, 0) is 26.1 Å². The van der Waals surface area contributed by atoms with E-state index in [-0.39, 0.29) is 0 Å². The Bertz CT molecular complexity index is 597. The first-order chi connectivity index (χ1) is 9.60. The average molecular weight is 291 g/mol. The Morgan fingerprint density at radius 1 is 1.55 bits per heavy atom. The van der Waals surface area contributed by atoms with Crippen molar-refractivity contribution in [3.63, 3.8) is 0 Å². The van der Waals surface area contributed by atoms with Gasteiger partial charge >= 0.3 is 0 Å². The number of rotatable bonds is 5. The first-order valence-corrected chi connectivity index (χ1v) is 6.61. The van der Waals surface area contributed by atoms with Crippen LogP contribution in [0, 0.1) is 13.8 Å². The van der Waals surface area contributed by atoms with Gasteiger partial charge in [-0.2, -0.15) is 5.10 Å². The predicted octanol–water partition coefficient (Wildman–Crippen LogP) is 2.01. The second-order valence-electron chi connectivity index (χ2n) is 4.35. The summed E-state index contributed by atoms with van der Waals surface area (Å²) < 4.78 is 6.95. The smallest absolute Gasteiger partial charge is 0.171 e. The van der Waals surface area contributed by atoms with Crippen LogP contribution in [0.5, 0.6) is 0 Å². The molecule has 2 heterocycles. The molecule has 0 fully saturated rings. The van der Waals surface area contributed by atoms with Crippen LogP contribution in [0.2, 0.25) is 0 Å². The second-order valence-corrected chi connectivity index (χ2v) is 4.76. The Labute approximate surface area is 122 Å². The molecule has 0 aliphatic heterocycles. The second kappa shape index (κ2) is 6.33. The number of hydrogen-bond acceptors (Lipinski definition) is 4. The molecule has 2 N–H and O–H groups in total. The number of aromatic nitrogens is 3. The summed E-state index contributed by atoms with van der Waals surface area (Å²) in [6.45, 7) is 8.68. The fourth-order valence-corrected chi connectivity index (χ4v) is 1.95. The fourth-order valence-electron chi connectivity index (χ4n) is 1.74. The zero-order valence-electron chi connectivity index (χ0n) is 11.5. The third kappa shape index (κ3) is 3.45. The van der Waals surface area contributed by atoms with E-state index >= 15 is 0 Å². The van der Waals surface area contributed by atoms with Crippen molar-refractivity contribution >= 4 is 23.0 Å². The highest BCUT2D eigenvalue weighted by Gasteiger charge is 2.10. The third-order valence-electron chi connectivity index (χ3n) is 2.80. The lowest BCUT2D eigenvalue weighted by Gasteiger charge is -2.06. The van der Waals surface area contributed by atoms with Crippen molar-refractivity contribution in [1.29, 1.82) is 0 Å². The summed E-state index contributed by atoms with van der Waals surface area (Å²) in [5.41, 5.74) is 2.76. The van der Waals surface area contributed by atoms with Crippen molar-refractivity contribution in [2.75, 3.05) is 11.9 Å². The number of hydrogen-bond donors (Lipinski definition) is 2. The van der Waals surface area contributed by atoms with Crippen molar-refractivity contribution in [2.45, 2.75) is 20.4 Å². The van der Waals surface area contributed by atoms with Crippen molar-refractivity contribution in [3.8, 4) is 0 Å². The molecule has 0 saturated heterocycles. The molecular weight excluding hydrogens is 274 g/mol. The summed E-state index contributed by atoms with van der Waals surface area (Å²) in [5.74, 6) is 0.815. The van der Waals surface area contributed by atoms with Crippen LogP contribution in [0.4, 0.5) is 5.69 Å². The summed E-state index contributed by atoms with van der Waals surface area (Å²) in [6, 6.07) is 0. The minimum Gasteiger partial charge on any atom is -0.361 e. The summed E-state index contributed by atoms with van der Waals surface area (Å²) in [7, 11) is 0. The Morgan fingerprint density at radius 2 is 2.35 bits per heavy atom. The maximum Gasteiger partial charge on any atom is 0.171 e. The number of thiocarbonyl (C=S) groups is 1. The fraction of sp³-hybridized carbons (Fsp3) is 0.308. The molecule has 0 aliphatic rings. The van der Waals surface area contributed by atoms with Gasteiger partial charge in [-0.15, -0.1) is 6.58 Å². The Hall–Kier alpha value is -2.15. The van der Waals surface area contributed by atoms with Gasteiger partial charge in [0.2, 0.25) is 0 Å². The van der Waals surface area contributed by atoms with Crippen LogP contribution in [0.1, 0.15) is 17.0 Å². The number of nitrogens with one attached hydrogen (secondary N) is 2. The summed E-state index contributed by atoms with van der Waals surface area (Å²) in [5, 5.41) is 14.8. The van der Waals surface area contributed by atoms with Crippen LogP contribution >= 0.6 is 12.2 Å². The molecule has 0 amide bonds. The molecule has 0 radical (unpaired) electrons. The maximum atomic E-state index is 5.14. The van der Waals surface area contributed by atoms with Gasteiger partial charge in [0.05, 0.1) is 24.1 Å². The lowest BCUT2D eigenvalue weighted by molar-refractivity contribution is 0.391. The van der Waals surface area contributed by atoms with E-state index < -0.39 is 0 Å². The number of aryl methyl sites for hydroxylation is 2. The minimum atomic E-state index is 0.543. The van der Waals surface area contributed by atoms with Crippen molar-refractivity contribution < 1.29 is 4.52 Å². The van der Waals surface area contributed by atoms with Crippen LogP contribution in [0.25, 0.3) is 0 Å². The van der Waals surface area contributed by atoms with Crippen LogP contribution in [-0.4, -0.2) is 26.6 Å². The zero-order chi connectivity index (χ0) is 14.5. The van der Waals surface area contributed by atoms with Crippen LogP contribution in [-0.2, 0) is 6.54 Å². The maximum absolute atomic E-state index is 5.14. The summed E-state index contributed by atoms with van der Waals surface area (Å²) in [6.07, 6.45) is 5.35. The van der Waals surface area contributed by atoms with E-state index in [9.17, 15) is 0 Å². The molecule has 0 unspecified atom stereocenters. The monoisotopic (exact) mass is 291 g/mol. The van der Waals surface area contributed by atoms with Crippen LogP contribution in [0.3, 0.4) is 0 Å². The molecule has 106 valence electrons. The standard InChI is InChI=1S/C13H17N5OS/c1-4-5-14-13(20)16-11-6-15-18(7-11)8-12-9(2)17-19-10(12)3/h4,6-7H,1,5,8H2,2-3H3,(H2,14,16,20). The molecular formula is C13H17N5OS. The Balaban J connectivity index is 1.99. The van der Waals surface area contributed by atoms with Crippen molar-refractivity contribution in [3.05, 3.63) is 42.1 Å². The molecule has 0 aliphatic carbocycles. The van der Waals surface area contributed by atoms with Gasteiger partial charge in [0.25, 0.3) is 0 Å². The molecule has 2 rings (SSSR count). The molecule has 20 heavy (non-hydrogen) atoms. The number of nitrogens with zero attached hydrogens (tertiary/aromatic N) is 3. The largest absolute Gasteiger partial charge is 0.361 e. The van der Waals surface area contributed by atoms with Crippen molar-refractivity contribution in [2.24, 2.45) is 0 Å². The molecule has 0 spiro atoms. The van der Waals surface area contributed by atoms with E-state index in [4.69, 9.17) is 16.7 Å². The van der Waals surface area contributed by atoms with Gasteiger partial charge < -0.3 is 15.2 Å². The topological polar surface area (TPSA) is 67.9 Å². The van der Waals surface area contributed by atoms with Gasteiger partial charge in [-0.25, -0.2) is 0 Å². The van der Waals surface area contributed by atoms with Gasteiger partial charge in [0, 0.05) is 18.3 Å². The van der Waals surface area contributed by atoms with Crippen molar-refractivity contribution in [1.82, 2.24) is 20.3 Å². The highest BCUT2D eigenvalue weighted by Crippen LogP contribution is 2.14. The highest BCUT2D eigenvalue weighted by atomic mass is 32.1. The van der Waals surface area contributed by atoms with Gasteiger partial charge in [-0.1, -0.05) is 11.2 Å². The van der Waals surface area contributed by atoms with E-state index in [1.165, 1.54) is 0 Å². The van der Waals surface area contributed by atoms with E-state index in [2.05, 4.69) is 27.5 Å². The van der Waals surface area contributed by atoms with Crippen LogP contribution < -0.4 is 10.6 Å². The molecule has 7 heteroatoms. The van der Waals surface area contributed by atoms with Gasteiger partial charge in [0.15, 0.2) is 5.11 Å². The van der Waals surface area contributed by atoms with E-state index in [1.807, 2.05) is 24.7 Å². The molecule has 2 aromatic rings. The SMILES string of the molecule is C=CCNC(=S)Nc1cnn(Cc2c(C)noc2C)c1. The van der Waals surface area contributed by atoms with E-state index in [0.29, 0.717) is 18.2 Å². The Morgan fingerprint density at radius 3 is 3.00 bits per heavy atom. The normalized spacial score (nSPS) is 10.3. The highest BCUT2D eigenvalue weighted by molar-refractivity contribution is 7.80. The lowest BCUT2D eigenvalue weighted by Crippen LogP contribution is -2.28. The molecule has 0 saturated carbocycles. The van der Waals surface area contributed by atoms with Gasteiger partial charge in [0.1, 0.15) is 5.76 Å². The molecule has 0 atom stereocenters. The van der Waals surface area contributed by atoms with Crippen LogP contribution in [0.15, 0.2) is 29.6 Å². The van der Waals surface area contributed by atoms with E-state index in [1.54, 1.807) is 12.3 Å². The quantitative estimate of drug-likeness (QED) is 0.649. The lowest BCUT2D eigenvalue weighted by atomic mass is 10.2. The Kier molecular flexibility index (Phi) is 4.52. The zero-order valence-corrected chi connectivity index (χ0v) is 12.3. The molecule has 6 nitrogen and oxygen atoms in total. The average Bonchev–Trinajstić information content (AvgIpc) is 2.98. The number of anilines is 1. The van der Waals surface area contributed by atoms with Gasteiger partial charge in [-0.3, -0.25) is 4.68 Å². The predicted molar refractivity (Wildman–Crippen MR) is 81.7 cm³/mol.